The Kier molecular flexibility index (Phi) is 3.11. The van der Waals surface area contributed by atoms with Crippen molar-refractivity contribution in [2.75, 3.05) is 7.11 Å². The Hall–Kier alpha value is -1.44. The number of carbonyl (C=O) groups is 2. The molecule has 3 N–H and O–H groups in total. The molecule has 9 atom stereocenters. The van der Waals surface area contributed by atoms with Gasteiger partial charge in [0, 0.05) is 18.3 Å². The van der Waals surface area contributed by atoms with Crippen molar-refractivity contribution >= 4 is 11.9 Å². The van der Waals surface area contributed by atoms with Gasteiger partial charge >= 0.3 is 11.9 Å². The van der Waals surface area contributed by atoms with Crippen molar-refractivity contribution in [3.05, 3.63) is 12.2 Å². The molecule has 27 heavy (non-hydrogen) atoms. The summed E-state index contributed by atoms with van der Waals surface area (Å²) in [5.41, 5.74) is -3.34. The molecule has 1 heterocycles. The van der Waals surface area contributed by atoms with E-state index in [9.17, 15) is 24.9 Å². The lowest BCUT2D eigenvalue weighted by Gasteiger charge is -2.47. The highest BCUT2D eigenvalue weighted by atomic mass is 16.6. The highest BCUT2D eigenvalue weighted by Crippen LogP contribution is 2.78. The molecule has 5 aliphatic rings. The van der Waals surface area contributed by atoms with Crippen LogP contribution in [0, 0.1) is 28.6 Å². The zero-order chi connectivity index (χ0) is 19.6. The monoisotopic (exact) mass is 378 g/mol. The van der Waals surface area contributed by atoms with Crippen molar-refractivity contribution in [3.63, 3.8) is 0 Å². The summed E-state index contributed by atoms with van der Waals surface area (Å²) in [5, 5.41) is 32.4. The van der Waals surface area contributed by atoms with E-state index in [2.05, 4.69) is 6.58 Å². The Labute approximate surface area is 157 Å². The van der Waals surface area contributed by atoms with E-state index in [1.807, 2.05) is 0 Å². The minimum Gasteiger partial charge on any atom is -0.469 e. The fourth-order valence-corrected chi connectivity index (χ4v) is 7.82. The first-order valence-electron chi connectivity index (χ1n) is 9.65. The second-order valence-electron chi connectivity index (χ2n) is 9.64. The molecule has 0 aromatic carbocycles. The van der Waals surface area contributed by atoms with E-state index in [0.29, 0.717) is 31.3 Å². The van der Waals surface area contributed by atoms with Gasteiger partial charge in [-0.1, -0.05) is 6.58 Å². The fourth-order valence-electron chi connectivity index (χ4n) is 7.82. The predicted octanol–water partition coefficient (Wildman–Crippen LogP) is 0.310. The van der Waals surface area contributed by atoms with Gasteiger partial charge in [0.25, 0.3) is 0 Å². The first kappa shape index (κ1) is 17.6. The van der Waals surface area contributed by atoms with Gasteiger partial charge < -0.3 is 24.8 Å². The van der Waals surface area contributed by atoms with Crippen LogP contribution in [-0.4, -0.2) is 57.8 Å². The smallest absolute Gasteiger partial charge is 0.315 e. The van der Waals surface area contributed by atoms with Crippen LogP contribution in [0.2, 0.25) is 0 Å². The molecular weight excluding hydrogens is 352 g/mol. The normalized spacial score (nSPS) is 57.9. The van der Waals surface area contributed by atoms with E-state index in [1.165, 1.54) is 7.11 Å². The maximum atomic E-state index is 13.0. The van der Waals surface area contributed by atoms with Crippen LogP contribution >= 0.6 is 0 Å². The van der Waals surface area contributed by atoms with Crippen molar-refractivity contribution in [1.82, 2.24) is 0 Å². The van der Waals surface area contributed by atoms with Crippen LogP contribution in [0.3, 0.4) is 0 Å². The molecule has 148 valence electrons. The number of aliphatic hydroxyl groups excluding tert-OH is 2. The minimum absolute atomic E-state index is 0.102. The number of hydrogen-bond donors (Lipinski definition) is 3. The lowest BCUT2D eigenvalue weighted by atomic mass is 9.58. The van der Waals surface area contributed by atoms with Crippen LogP contribution in [0.15, 0.2) is 12.2 Å². The third kappa shape index (κ3) is 1.63. The van der Waals surface area contributed by atoms with E-state index < -0.39 is 58.0 Å². The van der Waals surface area contributed by atoms with Crippen molar-refractivity contribution in [1.29, 1.82) is 0 Å². The Morgan fingerprint density at radius 1 is 1.37 bits per heavy atom. The minimum atomic E-state index is -1.38. The molecule has 0 aromatic rings. The maximum absolute atomic E-state index is 13.0. The Bertz CT molecular complexity index is 778. The van der Waals surface area contributed by atoms with Crippen molar-refractivity contribution < 1.29 is 34.4 Å². The third-order valence-corrected chi connectivity index (χ3v) is 8.76. The van der Waals surface area contributed by atoms with Crippen LogP contribution in [0.4, 0.5) is 0 Å². The van der Waals surface area contributed by atoms with Crippen LogP contribution in [0.25, 0.3) is 0 Å². The molecule has 0 amide bonds. The average Bonchev–Trinajstić information content (AvgIpc) is 3.03. The van der Waals surface area contributed by atoms with Gasteiger partial charge in [-0.3, -0.25) is 9.59 Å². The number of fused-ring (bicyclic) bond motifs is 1. The quantitative estimate of drug-likeness (QED) is 0.445. The Balaban J connectivity index is 1.76. The zero-order valence-electron chi connectivity index (χ0n) is 15.6. The standard InChI is InChI=1S/C20H26O7/c1-9-6-18-8-19(9,25)5-4-11(18)20-7-10(21)14(22)17(2,16(24)27-20)13(20)12(18)15(23)26-3/h10-14,21-22,25H,1,4-8H2,2-3H3/t10-,11+,12+,13+,14-,17-,18-,19-,20+/m0/s1. The Morgan fingerprint density at radius 3 is 2.74 bits per heavy atom. The molecule has 7 heteroatoms. The van der Waals surface area contributed by atoms with Crippen LogP contribution in [-0.2, 0) is 19.1 Å². The summed E-state index contributed by atoms with van der Waals surface area (Å²) in [7, 11) is 1.32. The Morgan fingerprint density at radius 2 is 2.07 bits per heavy atom. The molecule has 5 rings (SSSR count). The van der Waals surface area contributed by atoms with Gasteiger partial charge in [0.15, 0.2) is 0 Å². The second kappa shape index (κ2) is 4.75. The first-order valence-corrected chi connectivity index (χ1v) is 9.65. The van der Waals surface area contributed by atoms with Gasteiger partial charge in [-0.15, -0.1) is 0 Å². The van der Waals surface area contributed by atoms with Gasteiger partial charge in [0.2, 0.25) is 0 Å². The van der Waals surface area contributed by atoms with Crippen molar-refractivity contribution in [2.24, 2.45) is 28.6 Å². The highest BCUT2D eigenvalue weighted by molar-refractivity contribution is 5.86. The van der Waals surface area contributed by atoms with Crippen LogP contribution in [0.5, 0.6) is 0 Å². The number of ether oxygens (including phenoxy) is 2. The van der Waals surface area contributed by atoms with E-state index in [-0.39, 0.29) is 12.3 Å². The number of aliphatic hydroxyl groups is 3. The molecule has 5 fully saturated rings. The predicted molar refractivity (Wildman–Crippen MR) is 91.0 cm³/mol. The average molecular weight is 378 g/mol. The van der Waals surface area contributed by atoms with E-state index in [1.54, 1.807) is 6.92 Å². The first-order chi connectivity index (χ1) is 12.6. The molecule has 0 aromatic heterocycles. The summed E-state index contributed by atoms with van der Waals surface area (Å²) in [6, 6.07) is 0. The molecule has 0 radical (unpaired) electrons. The summed E-state index contributed by atoms with van der Waals surface area (Å²) in [6.07, 6.45) is -0.397. The van der Waals surface area contributed by atoms with E-state index in [0.717, 1.165) is 0 Å². The summed E-state index contributed by atoms with van der Waals surface area (Å²) in [6.45, 7) is 5.67. The number of methoxy groups -OCH3 is 1. The second-order valence-corrected chi connectivity index (χ2v) is 9.64. The molecule has 1 aliphatic heterocycles. The lowest BCUT2D eigenvalue weighted by Crippen LogP contribution is -2.59. The van der Waals surface area contributed by atoms with E-state index >= 15 is 0 Å². The number of esters is 2. The summed E-state index contributed by atoms with van der Waals surface area (Å²) >= 11 is 0. The lowest BCUT2D eigenvalue weighted by molar-refractivity contribution is -0.166. The summed E-state index contributed by atoms with van der Waals surface area (Å²) in [4.78, 5) is 25.9. The number of hydrogen-bond acceptors (Lipinski definition) is 7. The largest absolute Gasteiger partial charge is 0.469 e. The summed E-state index contributed by atoms with van der Waals surface area (Å²) < 4.78 is 11.1. The molecule has 1 saturated heterocycles. The molecule has 1 spiro atoms. The van der Waals surface area contributed by atoms with Crippen LogP contribution in [0.1, 0.15) is 39.0 Å². The molecule has 4 saturated carbocycles. The van der Waals surface area contributed by atoms with Crippen molar-refractivity contribution in [3.8, 4) is 0 Å². The topological polar surface area (TPSA) is 113 Å². The highest BCUT2D eigenvalue weighted by Gasteiger charge is 2.85. The van der Waals surface area contributed by atoms with Gasteiger partial charge in [-0.05, 0) is 43.6 Å². The van der Waals surface area contributed by atoms with Crippen LogP contribution < -0.4 is 0 Å². The molecular formula is C20H26O7. The molecule has 7 nitrogen and oxygen atoms in total. The van der Waals surface area contributed by atoms with Crippen molar-refractivity contribution in [2.45, 2.75) is 62.4 Å². The fraction of sp³-hybridized carbons (Fsp3) is 0.800. The SMILES string of the molecule is C=C1C[C@]23C[C@@]1(O)CC[C@H]2[C@@]12C[C@H](O)[C@H](O)[C@@](C)(C(=O)O1)[C@H]2[C@@H]3C(=O)OC. The zero-order valence-corrected chi connectivity index (χ0v) is 15.6. The van der Waals surface area contributed by atoms with Gasteiger partial charge in [-0.25, -0.2) is 0 Å². The molecule has 4 aliphatic carbocycles. The van der Waals surface area contributed by atoms with E-state index in [4.69, 9.17) is 9.47 Å². The molecule has 0 unspecified atom stereocenters. The maximum Gasteiger partial charge on any atom is 0.315 e. The van der Waals surface area contributed by atoms with Gasteiger partial charge in [0.05, 0.1) is 30.8 Å². The van der Waals surface area contributed by atoms with Gasteiger partial charge in [0.1, 0.15) is 11.0 Å². The molecule has 4 bridgehead atoms. The number of rotatable bonds is 1. The summed E-state index contributed by atoms with van der Waals surface area (Å²) in [5.74, 6) is -2.48. The number of carbonyl (C=O) groups excluding carboxylic acids is 2. The van der Waals surface area contributed by atoms with Gasteiger partial charge in [-0.2, -0.15) is 0 Å². The third-order valence-electron chi connectivity index (χ3n) is 8.76.